The Bertz CT molecular complexity index is 551. The highest BCUT2D eigenvalue weighted by Gasteiger charge is 2.11. The van der Waals surface area contributed by atoms with Crippen molar-refractivity contribution < 1.29 is 4.79 Å². The highest BCUT2D eigenvalue weighted by atomic mass is 16.1. The van der Waals surface area contributed by atoms with Crippen molar-refractivity contribution in [2.24, 2.45) is 0 Å². The van der Waals surface area contributed by atoms with Crippen LogP contribution in [0.15, 0.2) is 24.3 Å². The molecule has 0 atom stereocenters. The molecule has 0 aliphatic carbocycles. The van der Waals surface area contributed by atoms with Crippen molar-refractivity contribution >= 4 is 16.8 Å². The van der Waals surface area contributed by atoms with E-state index in [1.54, 1.807) is 6.92 Å². The third kappa shape index (κ3) is 2.26. The zero-order valence-corrected chi connectivity index (χ0v) is 10.8. The van der Waals surface area contributed by atoms with Crippen LogP contribution in [0.1, 0.15) is 42.7 Å². The Labute approximate surface area is 102 Å². The Hall–Kier alpha value is -1.57. The van der Waals surface area contributed by atoms with Gasteiger partial charge in [0.1, 0.15) is 0 Å². The number of hydrogen-bond acceptors (Lipinski definition) is 1. The molecule has 0 bridgehead atoms. The summed E-state index contributed by atoms with van der Waals surface area (Å²) < 4.78 is 1.85. The number of benzene rings is 1. The normalized spacial score (nSPS) is 11.0. The molecule has 0 saturated heterocycles. The lowest BCUT2D eigenvalue weighted by atomic mass is 10.1. The summed E-state index contributed by atoms with van der Waals surface area (Å²) in [5.41, 5.74) is 3.41. The first kappa shape index (κ1) is 11.9. The molecule has 17 heavy (non-hydrogen) atoms. The van der Waals surface area contributed by atoms with Crippen LogP contribution in [0.4, 0.5) is 0 Å². The van der Waals surface area contributed by atoms with Gasteiger partial charge in [-0.3, -0.25) is 9.36 Å². The number of unbranched alkanes of at least 4 members (excludes halogenated alkanes) is 1. The minimum absolute atomic E-state index is 0.106. The van der Waals surface area contributed by atoms with Gasteiger partial charge in [-0.2, -0.15) is 0 Å². The highest BCUT2D eigenvalue weighted by Crippen LogP contribution is 2.22. The molecule has 0 aliphatic rings. The predicted octanol–water partition coefficient (Wildman–Crippen LogP) is 3.95. The van der Waals surface area contributed by atoms with Gasteiger partial charge in [0.2, 0.25) is 5.91 Å². The Balaban J connectivity index is 2.57. The van der Waals surface area contributed by atoms with Gasteiger partial charge >= 0.3 is 0 Å². The maximum atomic E-state index is 11.8. The van der Waals surface area contributed by atoms with Crippen LogP contribution in [0.5, 0.6) is 0 Å². The van der Waals surface area contributed by atoms with Crippen LogP contribution in [0, 0.1) is 6.92 Å². The first-order chi connectivity index (χ1) is 8.13. The lowest BCUT2D eigenvalue weighted by molar-refractivity contribution is 0.0938. The van der Waals surface area contributed by atoms with Crippen LogP contribution < -0.4 is 0 Å². The fourth-order valence-electron chi connectivity index (χ4n) is 2.31. The van der Waals surface area contributed by atoms with Crippen LogP contribution in [0.25, 0.3) is 10.9 Å². The smallest absolute Gasteiger partial charge is 0.228 e. The van der Waals surface area contributed by atoms with Gasteiger partial charge in [-0.15, -0.1) is 0 Å². The van der Waals surface area contributed by atoms with E-state index in [2.05, 4.69) is 32.0 Å². The molecular formula is C15H19NO. The van der Waals surface area contributed by atoms with Gasteiger partial charge in [0.05, 0.1) is 5.52 Å². The summed E-state index contributed by atoms with van der Waals surface area (Å²) in [7, 11) is 0. The molecule has 0 N–H and O–H groups in total. The Morgan fingerprint density at radius 3 is 2.71 bits per heavy atom. The number of aryl methyl sites for hydroxylation is 2. The molecule has 0 spiro atoms. The summed E-state index contributed by atoms with van der Waals surface area (Å²) in [6, 6.07) is 8.40. The molecule has 0 aliphatic heterocycles. The number of fused-ring (bicyclic) bond motifs is 1. The molecule has 1 aromatic heterocycles. The molecule has 1 aromatic carbocycles. The van der Waals surface area contributed by atoms with E-state index in [1.165, 1.54) is 10.9 Å². The zero-order chi connectivity index (χ0) is 12.4. The molecule has 1 heterocycles. The molecule has 0 radical (unpaired) electrons. The fourth-order valence-corrected chi connectivity index (χ4v) is 2.31. The molecule has 2 aromatic rings. The van der Waals surface area contributed by atoms with Crippen molar-refractivity contribution in [1.82, 2.24) is 4.57 Å². The number of carbonyl (C=O) groups excluding carboxylic acids is 1. The third-order valence-electron chi connectivity index (χ3n) is 3.13. The van der Waals surface area contributed by atoms with Crippen LogP contribution in [-0.4, -0.2) is 10.5 Å². The van der Waals surface area contributed by atoms with Crippen molar-refractivity contribution in [1.29, 1.82) is 0 Å². The molecule has 2 heteroatoms. The molecule has 0 amide bonds. The van der Waals surface area contributed by atoms with Crippen molar-refractivity contribution in [2.75, 3.05) is 0 Å². The fraction of sp³-hybridized carbons (Fsp3) is 0.400. The number of rotatable bonds is 3. The van der Waals surface area contributed by atoms with E-state index >= 15 is 0 Å². The van der Waals surface area contributed by atoms with Crippen molar-refractivity contribution in [2.45, 2.75) is 40.0 Å². The minimum atomic E-state index is 0.106. The summed E-state index contributed by atoms with van der Waals surface area (Å²) in [6.45, 7) is 5.88. The van der Waals surface area contributed by atoms with Gasteiger partial charge in [0.15, 0.2) is 0 Å². The van der Waals surface area contributed by atoms with Crippen molar-refractivity contribution in [3.05, 3.63) is 35.5 Å². The van der Waals surface area contributed by atoms with Crippen LogP contribution in [-0.2, 0) is 6.42 Å². The first-order valence-corrected chi connectivity index (χ1v) is 6.25. The molecule has 2 nitrogen and oxygen atoms in total. The van der Waals surface area contributed by atoms with Crippen molar-refractivity contribution in [3.63, 3.8) is 0 Å². The molecule has 0 fully saturated rings. The second-order valence-corrected chi connectivity index (χ2v) is 4.66. The lowest BCUT2D eigenvalue weighted by Gasteiger charge is -2.05. The molecule has 2 rings (SSSR count). The Morgan fingerprint density at radius 2 is 2.06 bits per heavy atom. The molecule has 0 unspecified atom stereocenters. The summed E-state index contributed by atoms with van der Waals surface area (Å²) in [6.07, 6.45) is 3.25. The number of carbonyl (C=O) groups is 1. The monoisotopic (exact) mass is 229 g/mol. The van der Waals surface area contributed by atoms with Crippen molar-refractivity contribution in [3.8, 4) is 0 Å². The maximum Gasteiger partial charge on any atom is 0.228 e. The van der Waals surface area contributed by atoms with Crippen LogP contribution in [0.2, 0.25) is 0 Å². The standard InChI is InChI=1S/C15H19NO/c1-4-5-6-14-10-13-9-11(2)7-8-15(13)16(14)12(3)17/h7-10H,4-6H2,1-3H3. The number of nitrogens with zero attached hydrogens (tertiary/aromatic N) is 1. The van der Waals surface area contributed by atoms with Gasteiger partial charge in [-0.25, -0.2) is 0 Å². The summed E-state index contributed by atoms with van der Waals surface area (Å²) in [4.78, 5) is 11.8. The predicted molar refractivity (Wildman–Crippen MR) is 71.6 cm³/mol. The average molecular weight is 229 g/mol. The SMILES string of the molecule is CCCCc1cc2cc(C)ccc2n1C(C)=O. The van der Waals surface area contributed by atoms with Gasteiger partial charge in [0.25, 0.3) is 0 Å². The summed E-state index contributed by atoms with van der Waals surface area (Å²) in [5.74, 6) is 0.106. The number of hydrogen-bond donors (Lipinski definition) is 0. The minimum Gasteiger partial charge on any atom is -0.284 e. The topological polar surface area (TPSA) is 22.0 Å². The van der Waals surface area contributed by atoms with E-state index in [-0.39, 0.29) is 5.91 Å². The second kappa shape index (κ2) is 4.74. The van der Waals surface area contributed by atoms with Gasteiger partial charge in [0, 0.05) is 18.0 Å². The first-order valence-electron chi connectivity index (χ1n) is 6.25. The maximum absolute atomic E-state index is 11.8. The van der Waals surface area contributed by atoms with Crippen LogP contribution >= 0.6 is 0 Å². The van der Waals surface area contributed by atoms with E-state index in [1.807, 2.05) is 10.6 Å². The number of aromatic nitrogens is 1. The van der Waals surface area contributed by atoms with Gasteiger partial charge in [-0.05, 0) is 38.0 Å². The molecule has 90 valence electrons. The van der Waals surface area contributed by atoms with Gasteiger partial charge < -0.3 is 0 Å². The Kier molecular flexibility index (Phi) is 3.32. The second-order valence-electron chi connectivity index (χ2n) is 4.66. The molecule has 0 saturated carbocycles. The van der Waals surface area contributed by atoms with Crippen LogP contribution in [0.3, 0.4) is 0 Å². The average Bonchev–Trinajstić information content (AvgIpc) is 2.63. The summed E-state index contributed by atoms with van der Waals surface area (Å²) in [5, 5.41) is 1.17. The zero-order valence-electron chi connectivity index (χ0n) is 10.8. The van der Waals surface area contributed by atoms with E-state index in [9.17, 15) is 4.79 Å². The summed E-state index contributed by atoms with van der Waals surface area (Å²) >= 11 is 0. The quantitative estimate of drug-likeness (QED) is 0.781. The largest absolute Gasteiger partial charge is 0.284 e. The lowest BCUT2D eigenvalue weighted by Crippen LogP contribution is -2.09. The third-order valence-corrected chi connectivity index (χ3v) is 3.13. The Morgan fingerprint density at radius 1 is 1.29 bits per heavy atom. The van der Waals surface area contributed by atoms with E-state index in [0.717, 1.165) is 30.5 Å². The molecular weight excluding hydrogens is 210 g/mol. The van der Waals surface area contributed by atoms with E-state index in [4.69, 9.17) is 0 Å². The van der Waals surface area contributed by atoms with E-state index < -0.39 is 0 Å². The van der Waals surface area contributed by atoms with Gasteiger partial charge in [-0.1, -0.05) is 25.0 Å². The highest BCUT2D eigenvalue weighted by molar-refractivity contribution is 5.93. The van der Waals surface area contributed by atoms with E-state index in [0.29, 0.717) is 0 Å².